The lowest BCUT2D eigenvalue weighted by molar-refractivity contribution is -0.138. The van der Waals surface area contributed by atoms with E-state index < -0.39 is 22.2 Å². The van der Waals surface area contributed by atoms with E-state index in [1.54, 1.807) is 31.0 Å². The Morgan fingerprint density at radius 1 is 1.35 bits per heavy atom. The Hall–Kier alpha value is -1.20. The number of hydrogen-bond acceptors (Lipinski definition) is 6. The number of benzene rings is 1. The summed E-state index contributed by atoms with van der Waals surface area (Å²) < 4.78 is 40.2. The van der Waals surface area contributed by atoms with Crippen LogP contribution in [-0.2, 0) is 19.6 Å². The van der Waals surface area contributed by atoms with Crippen LogP contribution in [0.3, 0.4) is 0 Å². The van der Waals surface area contributed by atoms with Crippen LogP contribution in [0, 0.1) is 11.8 Å². The van der Waals surface area contributed by atoms with Gasteiger partial charge >= 0.3 is 0 Å². The van der Waals surface area contributed by atoms with Crippen LogP contribution < -0.4 is 4.74 Å². The average molecular weight is 519 g/mol. The number of likely N-dealkylation sites (N-methyl/N-ethyl adjacent to an activating group) is 1. The Morgan fingerprint density at radius 2 is 2.03 bits per heavy atom. The summed E-state index contributed by atoms with van der Waals surface area (Å²) in [4.78, 5) is 14.7. The molecule has 0 bridgehead atoms. The second kappa shape index (κ2) is 10.2. The summed E-state index contributed by atoms with van der Waals surface area (Å²) >= 11 is 3.39. The summed E-state index contributed by atoms with van der Waals surface area (Å²) in [6.45, 7) is 5.01. The van der Waals surface area contributed by atoms with E-state index in [2.05, 4.69) is 15.9 Å². The third-order valence-corrected chi connectivity index (χ3v) is 8.54. The van der Waals surface area contributed by atoms with Crippen LogP contribution in [0.15, 0.2) is 27.6 Å². The zero-order valence-corrected chi connectivity index (χ0v) is 20.6. The van der Waals surface area contributed by atoms with Gasteiger partial charge in [-0.25, -0.2) is 8.42 Å². The first-order valence-electron chi connectivity index (χ1n) is 10.6. The number of carbonyl (C=O) groups excluding carboxylic acids is 1. The fourth-order valence-electron chi connectivity index (χ4n) is 4.03. The summed E-state index contributed by atoms with van der Waals surface area (Å²) in [7, 11) is -2.09. The number of carbonyl (C=O) groups is 1. The summed E-state index contributed by atoms with van der Waals surface area (Å²) in [5, 5.41) is 9.68. The number of amides is 1. The van der Waals surface area contributed by atoms with Crippen molar-refractivity contribution in [2.24, 2.45) is 11.8 Å². The number of sulfonamides is 1. The molecule has 10 heteroatoms. The highest BCUT2D eigenvalue weighted by molar-refractivity contribution is 9.10. The Balaban J connectivity index is 1.91. The van der Waals surface area contributed by atoms with Gasteiger partial charge in [0.25, 0.3) is 0 Å². The maximum Gasteiger partial charge on any atom is 0.247 e. The molecule has 1 saturated heterocycles. The van der Waals surface area contributed by atoms with Gasteiger partial charge in [-0.1, -0.05) is 22.9 Å². The zero-order valence-electron chi connectivity index (χ0n) is 18.2. The first kappa shape index (κ1) is 24.4. The van der Waals surface area contributed by atoms with Gasteiger partial charge in [0.2, 0.25) is 15.9 Å². The number of ether oxygens (including phenoxy) is 2. The molecule has 1 fully saturated rings. The first-order chi connectivity index (χ1) is 14.6. The molecule has 8 nitrogen and oxygen atoms in total. The van der Waals surface area contributed by atoms with E-state index in [0.29, 0.717) is 37.1 Å². The molecule has 2 aliphatic heterocycles. The van der Waals surface area contributed by atoms with Crippen molar-refractivity contribution in [3.63, 3.8) is 0 Å². The average Bonchev–Trinajstić information content (AvgIpc) is 2.75. The number of aliphatic hydroxyl groups is 1. The minimum atomic E-state index is -3.86. The van der Waals surface area contributed by atoms with E-state index in [1.807, 2.05) is 6.92 Å². The normalized spacial score (nSPS) is 25.6. The van der Waals surface area contributed by atoms with Gasteiger partial charge < -0.3 is 19.5 Å². The van der Waals surface area contributed by atoms with Gasteiger partial charge in [0, 0.05) is 49.2 Å². The molecule has 2 heterocycles. The Morgan fingerprint density at radius 3 is 2.68 bits per heavy atom. The third kappa shape index (κ3) is 5.42. The van der Waals surface area contributed by atoms with Gasteiger partial charge in [-0.05, 0) is 38.0 Å². The van der Waals surface area contributed by atoms with E-state index in [1.165, 1.54) is 10.4 Å². The van der Waals surface area contributed by atoms with Crippen molar-refractivity contribution in [2.75, 3.05) is 40.0 Å². The Kier molecular flexibility index (Phi) is 8.01. The van der Waals surface area contributed by atoms with E-state index in [9.17, 15) is 18.3 Å². The molecule has 0 aliphatic carbocycles. The van der Waals surface area contributed by atoms with Gasteiger partial charge in [-0.3, -0.25) is 4.79 Å². The summed E-state index contributed by atoms with van der Waals surface area (Å²) in [6.07, 6.45) is 1.01. The van der Waals surface area contributed by atoms with Crippen molar-refractivity contribution >= 4 is 31.9 Å². The number of nitrogens with zero attached hydrogens (tertiary/aromatic N) is 2. The molecular weight excluding hydrogens is 488 g/mol. The van der Waals surface area contributed by atoms with Gasteiger partial charge in [-0.2, -0.15) is 4.31 Å². The van der Waals surface area contributed by atoms with Gasteiger partial charge in [0.1, 0.15) is 16.7 Å². The molecule has 174 valence electrons. The van der Waals surface area contributed by atoms with E-state index >= 15 is 0 Å². The number of rotatable bonds is 5. The highest BCUT2D eigenvalue weighted by Crippen LogP contribution is 2.35. The SMILES string of the molecule is C[C@H]1CN([C@@H](C)CO)S(=O)(=O)c2ccc(Br)cc2O[C@@H]1CN(C)C(=O)C1CCOCC1. The Bertz CT molecular complexity index is 890. The maximum absolute atomic E-state index is 13.3. The quantitative estimate of drug-likeness (QED) is 0.641. The largest absolute Gasteiger partial charge is 0.487 e. The molecule has 1 N–H and O–H groups in total. The van der Waals surface area contributed by atoms with Crippen LogP contribution in [0.5, 0.6) is 5.75 Å². The number of halogens is 1. The van der Waals surface area contributed by atoms with Crippen LogP contribution in [0.25, 0.3) is 0 Å². The molecule has 0 radical (unpaired) electrons. The van der Waals surface area contributed by atoms with Crippen molar-refractivity contribution in [1.82, 2.24) is 9.21 Å². The standard InChI is InChI=1S/C21H31BrN2O6S/c1-14-11-24(15(2)13-25)31(27,28)20-5-4-17(22)10-18(20)30-19(14)12-23(3)21(26)16-6-8-29-9-7-16/h4-5,10,14-16,19,25H,6-9,11-13H2,1-3H3/t14-,15-,19+/m0/s1. The third-order valence-electron chi connectivity index (χ3n) is 6.03. The highest BCUT2D eigenvalue weighted by atomic mass is 79.9. The molecule has 1 aromatic rings. The zero-order chi connectivity index (χ0) is 22.8. The lowest BCUT2D eigenvalue weighted by Gasteiger charge is -2.38. The second-order valence-electron chi connectivity index (χ2n) is 8.44. The van der Waals surface area contributed by atoms with Crippen LogP contribution in [0.1, 0.15) is 26.7 Å². The van der Waals surface area contributed by atoms with Gasteiger partial charge in [0.15, 0.2) is 0 Å². The lowest BCUT2D eigenvalue weighted by Crippen LogP contribution is -2.50. The fraction of sp³-hybridized carbons (Fsp3) is 0.667. The first-order valence-corrected chi connectivity index (χ1v) is 12.8. The van der Waals surface area contributed by atoms with Crippen molar-refractivity contribution in [3.05, 3.63) is 22.7 Å². The summed E-state index contributed by atoms with van der Waals surface area (Å²) in [5.74, 6) is 0.0352. The number of hydrogen-bond donors (Lipinski definition) is 1. The van der Waals surface area contributed by atoms with Crippen molar-refractivity contribution in [1.29, 1.82) is 0 Å². The second-order valence-corrected chi connectivity index (χ2v) is 11.2. The smallest absolute Gasteiger partial charge is 0.247 e. The predicted octanol–water partition coefficient (Wildman–Crippen LogP) is 2.10. The van der Waals surface area contributed by atoms with E-state index in [0.717, 1.165) is 0 Å². The maximum atomic E-state index is 13.3. The predicted molar refractivity (Wildman–Crippen MR) is 119 cm³/mol. The van der Waals surface area contributed by atoms with Crippen molar-refractivity contribution in [3.8, 4) is 5.75 Å². The summed E-state index contributed by atoms with van der Waals surface area (Å²) in [6, 6.07) is 4.22. The molecule has 2 aliphatic rings. The van der Waals surface area contributed by atoms with Crippen LogP contribution in [0.4, 0.5) is 0 Å². The molecule has 0 aromatic heterocycles. The lowest BCUT2D eigenvalue weighted by atomic mass is 9.97. The molecule has 0 saturated carbocycles. The molecule has 3 rings (SSSR count). The molecule has 31 heavy (non-hydrogen) atoms. The topological polar surface area (TPSA) is 96.4 Å². The van der Waals surface area contributed by atoms with Gasteiger partial charge in [0.05, 0.1) is 13.2 Å². The number of aliphatic hydroxyl groups excluding tert-OH is 1. The molecule has 0 spiro atoms. The summed E-state index contributed by atoms with van der Waals surface area (Å²) in [5.41, 5.74) is 0. The fourth-order valence-corrected chi connectivity index (χ4v) is 6.20. The van der Waals surface area contributed by atoms with E-state index in [4.69, 9.17) is 9.47 Å². The van der Waals surface area contributed by atoms with E-state index in [-0.39, 0.29) is 41.5 Å². The molecule has 1 amide bonds. The van der Waals surface area contributed by atoms with Crippen molar-refractivity contribution < 1.29 is 27.8 Å². The van der Waals surface area contributed by atoms with Crippen molar-refractivity contribution in [2.45, 2.75) is 43.7 Å². The molecular formula is C21H31BrN2O6S. The highest BCUT2D eigenvalue weighted by Gasteiger charge is 2.38. The van der Waals surface area contributed by atoms with Crippen LogP contribution >= 0.6 is 15.9 Å². The van der Waals surface area contributed by atoms with Crippen LogP contribution in [-0.4, -0.2) is 80.7 Å². The van der Waals surface area contributed by atoms with Gasteiger partial charge in [-0.15, -0.1) is 0 Å². The molecule has 3 atom stereocenters. The minimum absolute atomic E-state index is 0.0591. The minimum Gasteiger partial charge on any atom is -0.487 e. The molecule has 0 unspecified atom stereocenters. The number of fused-ring (bicyclic) bond motifs is 1. The monoisotopic (exact) mass is 518 g/mol. The molecule has 1 aromatic carbocycles. The Labute approximate surface area is 192 Å². The van der Waals surface area contributed by atoms with Crippen LogP contribution in [0.2, 0.25) is 0 Å².